The summed E-state index contributed by atoms with van der Waals surface area (Å²) in [6.07, 6.45) is 7.87. The number of carbonyl (C=O) groups is 2. The Morgan fingerprint density at radius 1 is 0.900 bits per heavy atom. The Labute approximate surface area is 179 Å². The van der Waals surface area contributed by atoms with Gasteiger partial charge in [-0.1, -0.05) is 12.8 Å². The van der Waals surface area contributed by atoms with Gasteiger partial charge in [0.05, 0.1) is 11.9 Å². The van der Waals surface area contributed by atoms with E-state index in [2.05, 4.69) is 0 Å². The first kappa shape index (κ1) is 21.2. The number of rotatable bonds is 3. The van der Waals surface area contributed by atoms with Gasteiger partial charge in [0.25, 0.3) is 5.91 Å². The highest BCUT2D eigenvalue weighted by atomic mass is 32.2. The van der Waals surface area contributed by atoms with Crippen molar-refractivity contribution in [2.45, 2.75) is 44.9 Å². The van der Waals surface area contributed by atoms with Crippen molar-refractivity contribution in [2.24, 2.45) is 5.92 Å². The number of fused-ring (bicyclic) bond motifs is 1. The van der Waals surface area contributed by atoms with Crippen molar-refractivity contribution in [3.63, 3.8) is 0 Å². The van der Waals surface area contributed by atoms with Gasteiger partial charge < -0.3 is 9.80 Å². The van der Waals surface area contributed by atoms with Crippen LogP contribution < -0.4 is 4.31 Å². The van der Waals surface area contributed by atoms with Crippen molar-refractivity contribution in [3.8, 4) is 0 Å². The molecule has 3 heterocycles. The summed E-state index contributed by atoms with van der Waals surface area (Å²) in [6, 6.07) is 5.29. The van der Waals surface area contributed by atoms with E-state index in [4.69, 9.17) is 0 Å². The van der Waals surface area contributed by atoms with Gasteiger partial charge in [-0.25, -0.2) is 8.42 Å². The molecule has 3 aliphatic rings. The number of hydrogen-bond donors (Lipinski definition) is 0. The summed E-state index contributed by atoms with van der Waals surface area (Å²) in [7, 11) is -3.29. The lowest BCUT2D eigenvalue weighted by molar-refractivity contribution is -0.136. The number of sulfonamides is 1. The van der Waals surface area contributed by atoms with Gasteiger partial charge in [0, 0.05) is 44.2 Å². The molecule has 0 radical (unpaired) electrons. The van der Waals surface area contributed by atoms with Crippen LogP contribution in [0.5, 0.6) is 0 Å². The summed E-state index contributed by atoms with van der Waals surface area (Å²) in [5.74, 6) is 0.258. The van der Waals surface area contributed by atoms with Crippen molar-refractivity contribution >= 4 is 27.5 Å². The summed E-state index contributed by atoms with van der Waals surface area (Å²) in [4.78, 5) is 29.7. The summed E-state index contributed by atoms with van der Waals surface area (Å²) < 4.78 is 25.2. The molecule has 1 aromatic carbocycles. The van der Waals surface area contributed by atoms with Crippen molar-refractivity contribution in [2.75, 3.05) is 43.3 Å². The second-order valence-corrected chi connectivity index (χ2v) is 10.6. The quantitative estimate of drug-likeness (QED) is 0.733. The highest BCUT2D eigenvalue weighted by Gasteiger charge is 2.32. The zero-order valence-corrected chi connectivity index (χ0v) is 18.5. The maximum absolute atomic E-state index is 13.0. The van der Waals surface area contributed by atoms with Crippen LogP contribution in [0.2, 0.25) is 0 Å². The largest absolute Gasteiger partial charge is 0.342 e. The van der Waals surface area contributed by atoms with E-state index in [0.29, 0.717) is 50.1 Å². The molecule has 8 heteroatoms. The van der Waals surface area contributed by atoms with Crippen LogP contribution in [0.3, 0.4) is 0 Å². The number of piperidine rings is 1. The Morgan fingerprint density at radius 2 is 1.57 bits per heavy atom. The van der Waals surface area contributed by atoms with E-state index in [0.717, 1.165) is 31.5 Å². The minimum atomic E-state index is -3.29. The third-order valence-corrected chi connectivity index (χ3v) is 7.81. The number of likely N-dealkylation sites (tertiary alicyclic amines) is 2. The van der Waals surface area contributed by atoms with Gasteiger partial charge in [-0.2, -0.15) is 0 Å². The molecule has 2 fully saturated rings. The van der Waals surface area contributed by atoms with Crippen LogP contribution >= 0.6 is 0 Å². The predicted molar refractivity (Wildman–Crippen MR) is 116 cm³/mol. The van der Waals surface area contributed by atoms with Gasteiger partial charge in [0.1, 0.15) is 0 Å². The van der Waals surface area contributed by atoms with Crippen LogP contribution in [0.1, 0.15) is 54.4 Å². The molecule has 30 heavy (non-hydrogen) atoms. The molecule has 0 unspecified atom stereocenters. The molecule has 3 aliphatic heterocycles. The number of nitrogens with zero attached hydrogens (tertiary/aromatic N) is 3. The molecule has 0 spiro atoms. The average Bonchev–Trinajstić information content (AvgIpc) is 2.99. The highest BCUT2D eigenvalue weighted by Crippen LogP contribution is 2.31. The molecule has 1 aromatic rings. The number of hydrogen-bond acceptors (Lipinski definition) is 4. The number of anilines is 1. The second kappa shape index (κ2) is 8.57. The van der Waals surface area contributed by atoms with Gasteiger partial charge in [-0.15, -0.1) is 0 Å². The Kier molecular flexibility index (Phi) is 6.04. The monoisotopic (exact) mass is 433 g/mol. The van der Waals surface area contributed by atoms with E-state index < -0.39 is 10.0 Å². The Balaban J connectivity index is 1.37. The van der Waals surface area contributed by atoms with E-state index in [1.54, 1.807) is 12.1 Å². The lowest BCUT2D eigenvalue weighted by atomic mass is 9.94. The molecular weight excluding hydrogens is 402 g/mol. The zero-order chi connectivity index (χ0) is 21.3. The molecule has 4 rings (SSSR count). The molecule has 7 nitrogen and oxygen atoms in total. The molecule has 0 aromatic heterocycles. The minimum absolute atomic E-state index is 0.0236. The van der Waals surface area contributed by atoms with Crippen molar-refractivity contribution in [3.05, 3.63) is 29.3 Å². The molecule has 0 atom stereocenters. The number of amides is 2. The van der Waals surface area contributed by atoms with Crippen molar-refractivity contribution < 1.29 is 18.0 Å². The van der Waals surface area contributed by atoms with Crippen molar-refractivity contribution in [1.82, 2.24) is 9.80 Å². The molecule has 0 saturated carbocycles. The van der Waals surface area contributed by atoms with E-state index in [1.165, 1.54) is 23.4 Å². The summed E-state index contributed by atoms with van der Waals surface area (Å²) in [6.45, 7) is 3.36. The van der Waals surface area contributed by atoms with Crippen LogP contribution in [-0.2, 0) is 21.2 Å². The van der Waals surface area contributed by atoms with E-state index in [9.17, 15) is 18.0 Å². The lowest BCUT2D eigenvalue weighted by Gasteiger charge is -2.34. The van der Waals surface area contributed by atoms with Crippen LogP contribution in [0.15, 0.2) is 18.2 Å². The fraction of sp³-hybridized carbons (Fsp3) is 0.636. The third kappa shape index (κ3) is 4.33. The van der Waals surface area contributed by atoms with Gasteiger partial charge in [-0.3, -0.25) is 13.9 Å². The zero-order valence-electron chi connectivity index (χ0n) is 17.7. The van der Waals surface area contributed by atoms with Crippen LogP contribution in [0.4, 0.5) is 5.69 Å². The fourth-order valence-electron chi connectivity index (χ4n) is 4.91. The second-order valence-electron chi connectivity index (χ2n) is 8.73. The number of benzene rings is 1. The summed E-state index contributed by atoms with van der Waals surface area (Å²) >= 11 is 0. The smallest absolute Gasteiger partial charge is 0.253 e. The molecule has 0 aliphatic carbocycles. The minimum Gasteiger partial charge on any atom is -0.342 e. The molecule has 0 N–H and O–H groups in total. The highest BCUT2D eigenvalue weighted by molar-refractivity contribution is 7.92. The van der Waals surface area contributed by atoms with Gasteiger partial charge in [-0.05, 0) is 55.9 Å². The van der Waals surface area contributed by atoms with E-state index in [1.807, 2.05) is 15.9 Å². The topological polar surface area (TPSA) is 78.0 Å². The molecule has 164 valence electrons. The average molecular weight is 434 g/mol. The van der Waals surface area contributed by atoms with Gasteiger partial charge >= 0.3 is 0 Å². The first-order chi connectivity index (χ1) is 14.3. The summed E-state index contributed by atoms with van der Waals surface area (Å²) in [5, 5.41) is 0. The lowest BCUT2D eigenvalue weighted by Crippen LogP contribution is -2.44. The Morgan fingerprint density at radius 3 is 2.20 bits per heavy atom. The molecule has 0 bridgehead atoms. The SMILES string of the molecule is CS(=O)(=O)N1CCc2cc(C(=O)N3CCC(C(=O)N4CCCCCC4)CC3)ccc21. The van der Waals surface area contributed by atoms with Crippen LogP contribution in [-0.4, -0.2) is 69.0 Å². The normalized spacial score (nSPS) is 20.8. The maximum Gasteiger partial charge on any atom is 0.253 e. The van der Waals surface area contributed by atoms with Gasteiger partial charge in [0.15, 0.2) is 0 Å². The molecular formula is C22H31N3O4S. The molecule has 2 amide bonds. The third-order valence-electron chi connectivity index (χ3n) is 6.63. The molecule has 2 saturated heterocycles. The van der Waals surface area contributed by atoms with Crippen LogP contribution in [0, 0.1) is 5.92 Å². The Hall–Kier alpha value is -2.09. The van der Waals surface area contributed by atoms with E-state index >= 15 is 0 Å². The summed E-state index contributed by atoms with van der Waals surface area (Å²) in [5.41, 5.74) is 2.18. The van der Waals surface area contributed by atoms with Crippen LogP contribution in [0.25, 0.3) is 0 Å². The van der Waals surface area contributed by atoms with E-state index in [-0.39, 0.29) is 17.7 Å². The maximum atomic E-state index is 13.0. The first-order valence-electron chi connectivity index (χ1n) is 11.0. The fourth-order valence-corrected chi connectivity index (χ4v) is 5.87. The Bertz CT molecular complexity index is 914. The standard InChI is InChI=1S/C22H31N3O4S/c1-30(28,29)25-15-10-18-16-19(6-7-20(18)25)22(27)24-13-8-17(9-14-24)21(26)23-11-4-2-3-5-12-23/h6-7,16-17H,2-5,8-15H2,1H3. The predicted octanol–water partition coefficient (Wildman–Crippen LogP) is 2.26. The first-order valence-corrected chi connectivity index (χ1v) is 12.9. The van der Waals surface area contributed by atoms with Crippen molar-refractivity contribution in [1.29, 1.82) is 0 Å². The number of carbonyl (C=O) groups excluding carboxylic acids is 2. The van der Waals surface area contributed by atoms with Gasteiger partial charge in [0.2, 0.25) is 15.9 Å².